The zero-order valence-corrected chi connectivity index (χ0v) is 10.7. The topological polar surface area (TPSA) is 92.5 Å². The Morgan fingerprint density at radius 1 is 1.53 bits per heavy atom. The summed E-state index contributed by atoms with van der Waals surface area (Å²) < 4.78 is 0. The average Bonchev–Trinajstić information content (AvgIpc) is 2.33. The summed E-state index contributed by atoms with van der Waals surface area (Å²) in [7, 11) is 0. The molecule has 0 amide bonds. The fourth-order valence-corrected chi connectivity index (χ4v) is 2.07. The summed E-state index contributed by atoms with van der Waals surface area (Å²) in [4.78, 5) is 21.7. The third-order valence-electron chi connectivity index (χ3n) is 3.49. The van der Waals surface area contributed by atoms with E-state index in [4.69, 9.17) is 0 Å². The molecule has 0 aliphatic heterocycles. The van der Waals surface area contributed by atoms with E-state index in [0.29, 0.717) is 24.1 Å². The maximum atomic E-state index is 11.2. The van der Waals surface area contributed by atoms with E-state index in [-0.39, 0.29) is 18.0 Å². The highest BCUT2D eigenvalue weighted by Crippen LogP contribution is 2.33. The van der Waals surface area contributed by atoms with E-state index >= 15 is 0 Å². The first-order chi connectivity index (χ1) is 8.91. The summed E-state index contributed by atoms with van der Waals surface area (Å²) in [6.45, 7) is 1.65. The quantitative estimate of drug-likeness (QED) is 0.483. The molecule has 1 aliphatic carbocycles. The molecule has 0 bridgehead atoms. The van der Waals surface area contributed by atoms with Crippen LogP contribution in [0.4, 0.5) is 11.4 Å². The van der Waals surface area contributed by atoms with Gasteiger partial charge in [0.15, 0.2) is 5.78 Å². The first-order valence-corrected chi connectivity index (χ1v) is 6.17. The zero-order valence-electron chi connectivity index (χ0n) is 10.7. The highest BCUT2D eigenvalue weighted by molar-refractivity contribution is 5.95. The number of hydrogen-bond donors (Lipinski definition) is 2. The molecule has 0 atom stereocenters. The second kappa shape index (κ2) is 4.97. The Hall–Kier alpha value is -1.95. The summed E-state index contributed by atoms with van der Waals surface area (Å²) in [5, 5.41) is 23.9. The second-order valence-electron chi connectivity index (χ2n) is 4.98. The molecular weight excluding hydrogens is 248 g/mol. The van der Waals surface area contributed by atoms with Crippen molar-refractivity contribution in [3.63, 3.8) is 0 Å². The summed E-state index contributed by atoms with van der Waals surface area (Å²) in [5.41, 5.74) is -0.266. The lowest BCUT2D eigenvalue weighted by Gasteiger charge is -2.36. The van der Waals surface area contributed by atoms with Crippen molar-refractivity contribution >= 4 is 17.2 Å². The predicted molar refractivity (Wildman–Crippen MR) is 70.4 cm³/mol. The van der Waals surface area contributed by atoms with E-state index < -0.39 is 10.5 Å². The molecule has 1 fully saturated rings. The van der Waals surface area contributed by atoms with Crippen molar-refractivity contribution in [3.8, 4) is 0 Å². The van der Waals surface area contributed by atoms with Gasteiger partial charge in [-0.1, -0.05) is 0 Å². The molecule has 1 saturated carbocycles. The first kappa shape index (κ1) is 13.5. The van der Waals surface area contributed by atoms with Crippen molar-refractivity contribution < 1.29 is 14.8 Å². The number of benzene rings is 1. The molecule has 0 radical (unpaired) electrons. The van der Waals surface area contributed by atoms with E-state index in [2.05, 4.69) is 5.32 Å². The molecular formula is C13H16N2O4. The van der Waals surface area contributed by atoms with Gasteiger partial charge in [0.2, 0.25) is 0 Å². The van der Waals surface area contributed by atoms with Crippen molar-refractivity contribution in [3.05, 3.63) is 33.9 Å². The van der Waals surface area contributed by atoms with Gasteiger partial charge in [0.1, 0.15) is 5.69 Å². The molecule has 2 rings (SSSR count). The fourth-order valence-electron chi connectivity index (χ4n) is 2.07. The molecule has 6 heteroatoms. The minimum absolute atomic E-state index is 0.143. The first-order valence-electron chi connectivity index (χ1n) is 6.17. The Balaban J connectivity index is 2.19. The van der Waals surface area contributed by atoms with E-state index in [1.54, 1.807) is 6.07 Å². The number of nitrogens with zero attached hydrogens (tertiary/aromatic N) is 1. The Kier molecular flexibility index (Phi) is 3.53. The van der Waals surface area contributed by atoms with Crippen LogP contribution in [0.25, 0.3) is 0 Å². The van der Waals surface area contributed by atoms with Crippen LogP contribution in [0.5, 0.6) is 0 Å². The van der Waals surface area contributed by atoms with Gasteiger partial charge in [-0.2, -0.15) is 0 Å². The third kappa shape index (κ3) is 2.90. The van der Waals surface area contributed by atoms with Crippen LogP contribution < -0.4 is 5.32 Å². The largest absolute Gasteiger partial charge is 0.388 e. The number of ketones is 1. The molecule has 2 N–H and O–H groups in total. The molecule has 1 aliphatic rings. The summed E-state index contributed by atoms with van der Waals surface area (Å²) in [6.07, 6.45) is 2.39. The van der Waals surface area contributed by atoms with Crippen LogP contribution in [-0.2, 0) is 0 Å². The smallest absolute Gasteiger partial charge is 0.293 e. The van der Waals surface area contributed by atoms with Crippen molar-refractivity contribution in [1.82, 2.24) is 0 Å². The number of nitro benzene ring substituents is 1. The van der Waals surface area contributed by atoms with Crippen LogP contribution in [-0.4, -0.2) is 28.0 Å². The van der Waals surface area contributed by atoms with Gasteiger partial charge < -0.3 is 10.4 Å². The highest BCUT2D eigenvalue weighted by atomic mass is 16.6. The van der Waals surface area contributed by atoms with Crippen molar-refractivity contribution in [2.24, 2.45) is 0 Å². The van der Waals surface area contributed by atoms with E-state index in [1.807, 2.05) is 0 Å². The number of Topliss-reactive ketones (excluding diaryl/α,β-unsaturated/α-hetero) is 1. The number of nitro groups is 1. The molecule has 1 aromatic rings. The maximum Gasteiger partial charge on any atom is 0.293 e. The van der Waals surface area contributed by atoms with Crippen LogP contribution in [0.3, 0.4) is 0 Å². The van der Waals surface area contributed by atoms with Crippen molar-refractivity contribution in [2.45, 2.75) is 31.8 Å². The average molecular weight is 264 g/mol. The molecule has 0 saturated heterocycles. The summed E-state index contributed by atoms with van der Waals surface area (Å²) in [6, 6.07) is 4.31. The van der Waals surface area contributed by atoms with Gasteiger partial charge >= 0.3 is 0 Å². The molecule has 0 unspecified atom stereocenters. The lowest BCUT2D eigenvalue weighted by atomic mass is 9.80. The minimum atomic E-state index is -0.757. The van der Waals surface area contributed by atoms with E-state index in [9.17, 15) is 20.0 Å². The maximum absolute atomic E-state index is 11.2. The normalized spacial score (nSPS) is 16.5. The SMILES string of the molecule is CC(=O)c1ccc(NCC2(O)CCC2)c([N+](=O)[O-])c1. The fraction of sp³-hybridized carbons (Fsp3) is 0.462. The lowest BCUT2D eigenvalue weighted by molar-refractivity contribution is -0.384. The van der Waals surface area contributed by atoms with Gasteiger partial charge in [-0.15, -0.1) is 0 Å². The number of anilines is 1. The predicted octanol–water partition coefficient (Wildman–Crippen LogP) is 2.12. The molecule has 0 aromatic heterocycles. The number of aliphatic hydroxyl groups is 1. The van der Waals surface area contributed by atoms with E-state index in [1.165, 1.54) is 19.1 Å². The summed E-state index contributed by atoms with van der Waals surface area (Å²) in [5.74, 6) is -0.215. The van der Waals surface area contributed by atoms with Crippen LogP contribution in [0.1, 0.15) is 36.5 Å². The number of hydrogen-bond acceptors (Lipinski definition) is 5. The third-order valence-corrected chi connectivity index (χ3v) is 3.49. The van der Waals surface area contributed by atoms with Crippen LogP contribution in [0.2, 0.25) is 0 Å². The number of carbonyl (C=O) groups excluding carboxylic acids is 1. The lowest BCUT2D eigenvalue weighted by Crippen LogP contribution is -2.43. The van der Waals surface area contributed by atoms with Crippen molar-refractivity contribution in [1.29, 1.82) is 0 Å². The van der Waals surface area contributed by atoms with Crippen LogP contribution >= 0.6 is 0 Å². The Bertz CT molecular complexity index is 523. The minimum Gasteiger partial charge on any atom is -0.388 e. The van der Waals surface area contributed by atoms with Gasteiger partial charge in [-0.3, -0.25) is 14.9 Å². The monoisotopic (exact) mass is 264 g/mol. The Morgan fingerprint density at radius 2 is 2.21 bits per heavy atom. The van der Waals surface area contributed by atoms with E-state index in [0.717, 1.165) is 6.42 Å². The second-order valence-corrected chi connectivity index (χ2v) is 4.98. The molecule has 102 valence electrons. The van der Waals surface area contributed by atoms with Gasteiger partial charge in [0.25, 0.3) is 5.69 Å². The molecule has 0 heterocycles. The molecule has 19 heavy (non-hydrogen) atoms. The Morgan fingerprint density at radius 3 is 2.68 bits per heavy atom. The number of carbonyl (C=O) groups is 1. The Labute approximate surface area is 110 Å². The van der Waals surface area contributed by atoms with Gasteiger partial charge in [0, 0.05) is 18.2 Å². The van der Waals surface area contributed by atoms with Gasteiger partial charge in [-0.25, -0.2) is 0 Å². The summed E-state index contributed by atoms with van der Waals surface area (Å²) >= 11 is 0. The molecule has 6 nitrogen and oxygen atoms in total. The number of rotatable bonds is 5. The number of nitrogens with one attached hydrogen (secondary N) is 1. The van der Waals surface area contributed by atoms with Crippen LogP contribution in [0.15, 0.2) is 18.2 Å². The van der Waals surface area contributed by atoms with Crippen LogP contribution in [0, 0.1) is 10.1 Å². The van der Waals surface area contributed by atoms with Crippen molar-refractivity contribution in [2.75, 3.05) is 11.9 Å². The highest BCUT2D eigenvalue weighted by Gasteiger charge is 2.34. The van der Waals surface area contributed by atoms with Gasteiger partial charge in [-0.05, 0) is 38.3 Å². The molecule has 1 aromatic carbocycles. The zero-order chi connectivity index (χ0) is 14.0. The van der Waals surface area contributed by atoms with Gasteiger partial charge in [0.05, 0.1) is 10.5 Å². The standard InChI is InChI=1S/C13H16N2O4/c1-9(16)10-3-4-11(12(7-10)15(18)19)14-8-13(17)5-2-6-13/h3-4,7,14,17H,2,5-6,8H2,1H3. The molecule has 0 spiro atoms.